The molecule has 18 heavy (non-hydrogen) atoms. The first kappa shape index (κ1) is 14.9. The van der Waals surface area contributed by atoms with Gasteiger partial charge in [-0.15, -0.1) is 0 Å². The van der Waals surface area contributed by atoms with Crippen molar-refractivity contribution in [2.45, 2.75) is 25.8 Å². The summed E-state index contributed by atoms with van der Waals surface area (Å²) in [6, 6.07) is 3.58. The molecule has 1 unspecified atom stereocenters. The highest BCUT2D eigenvalue weighted by atomic mass is 35.5. The van der Waals surface area contributed by atoms with Gasteiger partial charge in [-0.1, -0.05) is 30.7 Å². The lowest BCUT2D eigenvalue weighted by molar-refractivity contribution is 0.0926. The van der Waals surface area contributed by atoms with Gasteiger partial charge in [0.1, 0.15) is 5.82 Å². The molecule has 1 aromatic rings. The molecule has 0 saturated carbocycles. The smallest absolute Gasteiger partial charge is 0.253 e. The molecule has 0 spiro atoms. The predicted octanol–water partition coefficient (Wildman–Crippen LogP) is 2.66. The summed E-state index contributed by atoms with van der Waals surface area (Å²) in [6.07, 6.45) is 0.548. The molecule has 98 valence electrons. The number of carbonyl (C=O) groups excluding carboxylic acids is 1. The van der Waals surface area contributed by atoms with Gasteiger partial charge in [0.05, 0.1) is 21.1 Å². The van der Waals surface area contributed by atoms with Crippen LogP contribution in [0.5, 0.6) is 0 Å². The Morgan fingerprint density at radius 1 is 1.61 bits per heavy atom. The fourth-order valence-electron chi connectivity index (χ4n) is 1.32. The van der Waals surface area contributed by atoms with E-state index in [1.165, 1.54) is 12.1 Å². The lowest BCUT2D eigenvalue weighted by Gasteiger charge is -2.28. The Morgan fingerprint density at radius 3 is 2.67 bits per heavy atom. The van der Waals surface area contributed by atoms with Crippen molar-refractivity contribution in [1.29, 1.82) is 0 Å². The van der Waals surface area contributed by atoms with Gasteiger partial charge in [-0.25, -0.2) is 4.39 Å². The van der Waals surface area contributed by atoms with E-state index in [9.17, 15) is 9.18 Å². The predicted molar refractivity (Wildman–Crippen MR) is 74.4 cm³/mol. The summed E-state index contributed by atoms with van der Waals surface area (Å²) in [5, 5.41) is 2.76. The van der Waals surface area contributed by atoms with Gasteiger partial charge in [-0.05, 0) is 31.5 Å². The van der Waals surface area contributed by atoms with Crippen LogP contribution in [-0.2, 0) is 0 Å². The Kier molecular flexibility index (Phi) is 4.65. The zero-order valence-corrected chi connectivity index (χ0v) is 11.7. The number of carbonyl (C=O) groups is 1. The summed E-state index contributed by atoms with van der Waals surface area (Å²) in [5.41, 5.74) is 5.00. The third-order valence-corrected chi connectivity index (χ3v) is 3.58. The average Bonchev–Trinajstić information content (AvgIpc) is 2.28. The van der Waals surface area contributed by atoms with Crippen molar-refractivity contribution in [3.8, 4) is 0 Å². The molecule has 6 heteroatoms. The van der Waals surface area contributed by atoms with Crippen LogP contribution in [0.3, 0.4) is 0 Å². The van der Waals surface area contributed by atoms with Crippen LogP contribution >= 0.6 is 23.8 Å². The van der Waals surface area contributed by atoms with Crippen molar-refractivity contribution < 1.29 is 9.18 Å². The van der Waals surface area contributed by atoms with E-state index in [4.69, 9.17) is 29.6 Å². The highest BCUT2D eigenvalue weighted by Crippen LogP contribution is 2.19. The maximum atomic E-state index is 12.9. The van der Waals surface area contributed by atoms with Crippen LogP contribution in [0.4, 0.5) is 4.39 Å². The van der Waals surface area contributed by atoms with Crippen LogP contribution in [0.2, 0.25) is 5.02 Å². The summed E-state index contributed by atoms with van der Waals surface area (Å²) in [5.74, 6) is -0.929. The molecule has 0 aliphatic rings. The second-order valence-corrected chi connectivity index (χ2v) is 4.98. The summed E-state index contributed by atoms with van der Waals surface area (Å²) in [6.45, 7) is 3.58. The highest BCUT2D eigenvalue weighted by molar-refractivity contribution is 7.80. The number of thiocarbonyl (C=S) groups is 1. The van der Waals surface area contributed by atoms with Gasteiger partial charge in [-0.2, -0.15) is 0 Å². The number of amides is 1. The number of rotatable bonds is 4. The molecule has 1 atom stereocenters. The largest absolute Gasteiger partial charge is 0.391 e. The first-order chi connectivity index (χ1) is 8.30. The molecule has 0 aliphatic carbocycles. The average molecular weight is 289 g/mol. The molecule has 0 heterocycles. The van der Waals surface area contributed by atoms with Crippen LogP contribution in [-0.4, -0.2) is 16.4 Å². The van der Waals surface area contributed by atoms with Crippen LogP contribution < -0.4 is 11.1 Å². The van der Waals surface area contributed by atoms with E-state index in [2.05, 4.69) is 5.32 Å². The van der Waals surface area contributed by atoms with Crippen molar-refractivity contribution in [2.75, 3.05) is 0 Å². The first-order valence-corrected chi connectivity index (χ1v) is 6.16. The standard InChI is InChI=1S/C12H14ClFN2OS/c1-3-12(2,11(15)18)16-10(17)8-5-4-7(14)6-9(8)13/h4-6H,3H2,1-2H3,(H2,15,18)(H,16,17). The van der Waals surface area contributed by atoms with E-state index < -0.39 is 17.3 Å². The van der Waals surface area contributed by atoms with Crippen LogP contribution in [0.15, 0.2) is 18.2 Å². The number of hydrogen-bond donors (Lipinski definition) is 2. The van der Waals surface area contributed by atoms with E-state index in [0.717, 1.165) is 6.07 Å². The molecular weight excluding hydrogens is 275 g/mol. The minimum atomic E-state index is -0.788. The monoisotopic (exact) mass is 288 g/mol. The third-order valence-electron chi connectivity index (χ3n) is 2.82. The summed E-state index contributed by atoms with van der Waals surface area (Å²) < 4.78 is 12.9. The molecule has 3 N–H and O–H groups in total. The number of nitrogens with two attached hydrogens (primary N) is 1. The summed E-state index contributed by atoms with van der Waals surface area (Å²) in [4.78, 5) is 12.2. The molecular formula is C12H14ClFN2OS. The molecule has 0 fully saturated rings. The first-order valence-electron chi connectivity index (χ1n) is 5.37. The Morgan fingerprint density at radius 2 is 2.22 bits per heavy atom. The molecule has 0 aliphatic heterocycles. The lowest BCUT2D eigenvalue weighted by atomic mass is 9.98. The molecule has 0 aromatic heterocycles. The Bertz CT molecular complexity index is 495. The van der Waals surface area contributed by atoms with E-state index in [1.807, 2.05) is 6.92 Å². The Labute approximate surface area is 115 Å². The third kappa shape index (κ3) is 3.17. The van der Waals surface area contributed by atoms with Crippen molar-refractivity contribution in [3.05, 3.63) is 34.6 Å². The van der Waals surface area contributed by atoms with Crippen molar-refractivity contribution in [2.24, 2.45) is 5.73 Å². The van der Waals surface area contributed by atoms with Crippen molar-refractivity contribution in [3.63, 3.8) is 0 Å². The minimum Gasteiger partial charge on any atom is -0.391 e. The number of halogens is 2. The maximum absolute atomic E-state index is 12.9. The lowest BCUT2D eigenvalue weighted by Crippen LogP contribution is -2.54. The molecule has 0 bridgehead atoms. The normalized spacial score (nSPS) is 13.8. The molecule has 3 nitrogen and oxygen atoms in total. The van der Waals surface area contributed by atoms with E-state index in [0.29, 0.717) is 6.42 Å². The minimum absolute atomic E-state index is 0.0499. The van der Waals surface area contributed by atoms with Crippen LogP contribution in [0, 0.1) is 5.82 Å². The van der Waals surface area contributed by atoms with Crippen LogP contribution in [0.1, 0.15) is 30.6 Å². The number of nitrogens with one attached hydrogen (secondary N) is 1. The Balaban J connectivity index is 2.98. The second kappa shape index (κ2) is 5.63. The number of benzene rings is 1. The second-order valence-electron chi connectivity index (χ2n) is 4.13. The van der Waals surface area contributed by atoms with Crippen molar-refractivity contribution in [1.82, 2.24) is 5.32 Å². The summed E-state index contributed by atoms with van der Waals surface area (Å²) in [7, 11) is 0. The van der Waals surface area contributed by atoms with E-state index in [-0.39, 0.29) is 15.6 Å². The maximum Gasteiger partial charge on any atom is 0.253 e. The van der Waals surface area contributed by atoms with Gasteiger partial charge >= 0.3 is 0 Å². The summed E-state index contributed by atoms with van der Waals surface area (Å²) >= 11 is 10.7. The zero-order chi connectivity index (χ0) is 13.9. The topological polar surface area (TPSA) is 55.1 Å². The van der Waals surface area contributed by atoms with Gasteiger partial charge in [0.15, 0.2) is 0 Å². The highest BCUT2D eigenvalue weighted by Gasteiger charge is 2.28. The van der Waals surface area contributed by atoms with E-state index >= 15 is 0 Å². The van der Waals surface area contributed by atoms with Gasteiger partial charge in [-0.3, -0.25) is 4.79 Å². The van der Waals surface area contributed by atoms with E-state index in [1.54, 1.807) is 6.92 Å². The molecule has 1 rings (SSSR count). The molecule has 0 saturated heterocycles. The number of hydrogen-bond acceptors (Lipinski definition) is 2. The zero-order valence-electron chi connectivity index (χ0n) is 10.1. The van der Waals surface area contributed by atoms with Gasteiger partial charge in [0, 0.05) is 0 Å². The SMILES string of the molecule is CCC(C)(NC(=O)c1ccc(F)cc1Cl)C(N)=S. The fourth-order valence-corrected chi connectivity index (χ4v) is 1.76. The van der Waals surface area contributed by atoms with Crippen molar-refractivity contribution >= 4 is 34.7 Å². The molecule has 0 radical (unpaired) electrons. The van der Waals surface area contributed by atoms with Gasteiger partial charge in [0.25, 0.3) is 5.91 Å². The molecule has 1 amide bonds. The quantitative estimate of drug-likeness (QED) is 0.838. The van der Waals surface area contributed by atoms with Gasteiger partial charge < -0.3 is 11.1 Å². The van der Waals surface area contributed by atoms with Gasteiger partial charge in [0.2, 0.25) is 0 Å². The fraction of sp³-hybridized carbons (Fsp3) is 0.333. The van der Waals surface area contributed by atoms with Crippen LogP contribution in [0.25, 0.3) is 0 Å². The molecule has 1 aromatic carbocycles. The Hall–Kier alpha value is -1.20.